The van der Waals surface area contributed by atoms with E-state index in [2.05, 4.69) is 13.8 Å². The van der Waals surface area contributed by atoms with E-state index in [0.29, 0.717) is 0 Å². The second kappa shape index (κ2) is 5.93. The monoisotopic (exact) mass is 179 g/mol. The highest BCUT2D eigenvalue weighted by atomic mass is 31.2. The maximum atomic E-state index is 8.84. The summed E-state index contributed by atoms with van der Waals surface area (Å²) >= 11 is 0. The fourth-order valence-corrected chi connectivity index (χ4v) is 4.18. The van der Waals surface area contributed by atoms with Crippen molar-refractivity contribution in [3.63, 3.8) is 0 Å². The van der Waals surface area contributed by atoms with E-state index >= 15 is 0 Å². The van der Waals surface area contributed by atoms with Crippen molar-refractivity contribution in [2.75, 3.05) is 37.9 Å². The molecule has 0 fully saturated rings. The van der Waals surface area contributed by atoms with Gasteiger partial charge in [0.05, 0.1) is 37.9 Å². The lowest BCUT2D eigenvalue weighted by atomic mass is 10.8. The highest BCUT2D eigenvalue weighted by Gasteiger charge is 2.31. The molecular formula is C8H20O2P+. The smallest absolute Gasteiger partial charge is 0.0826 e. The maximum absolute atomic E-state index is 8.84. The molecule has 0 aromatic rings. The summed E-state index contributed by atoms with van der Waals surface area (Å²) in [5.41, 5.74) is 0. The van der Waals surface area contributed by atoms with E-state index in [0.717, 1.165) is 24.6 Å². The van der Waals surface area contributed by atoms with Gasteiger partial charge in [0.25, 0.3) is 0 Å². The summed E-state index contributed by atoms with van der Waals surface area (Å²) in [6, 6.07) is 0. The van der Waals surface area contributed by atoms with Gasteiger partial charge in [0, 0.05) is 7.26 Å². The van der Waals surface area contributed by atoms with E-state index in [1.54, 1.807) is 0 Å². The molecule has 0 saturated heterocycles. The predicted molar refractivity (Wildman–Crippen MR) is 51.9 cm³/mol. The minimum Gasteiger partial charge on any atom is -0.393 e. The van der Waals surface area contributed by atoms with E-state index in [-0.39, 0.29) is 13.2 Å². The molecule has 0 spiro atoms. The molecule has 0 heterocycles. The second-order valence-electron chi connectivity index (χ2n) is 2.87. The lowest BCUT2D eigenvalue weighted by Crippen LogP contribution is -2.13. The normalized spacial score (nSPS) is 12.0. The molecule has 0 aliphatic carbocycles. The molecule has 0 aromatic carbocycles. The molecule has 11 heavy (non-hydrogen) atoms. The third-order valence-corrected chi connectivity index (χ3v) is 7.47. The fraction of sp³-hybridized carbons (Fsp3) is 1.00. The maximum Gasteiger partial charge on any atom is 0.0826 e. The third kappa shape index (κ3) is 3.50. The standard InChI is InChI=1S/C8H20O2P/c1-3-11(4-2,7-5-9)8-6-10/h9-10H,3-8H2,1-2H3/q+1. The molecule has 2 nitrogen and oxygen atoms in total. The molecule has 2 N–H and O–H groups in total. The van der Waals surface area contributed by atoms with Crippen molar-refractivity contribution >= 4 is 7.26 Å². The van der Waals surface area contributed by atoms with E-state index in [9.17, 15) is 0 Å². The molecule has 0 amide bonds. The first-order valence-electron chi connectivity index (χ1n) is 4.31. The summed E-state index contributed by atoms with van der Waals surface area (Å²) in [6.07, 6.45) is 4.18. The Kier molecular flexibility index (Phi) is 6.12. The van der Waals surface area contributed by atoms with Crippen molar-refractivity contribution in [2.45, 2.75) is 13.8 Å². The van der Waals surface area contributed by atoms with Gasteiger partial charge in [-0.2, -0.15) is 0 Å². The van der Waals surface area contributed by atoms with Gasteiger partial charge < -0.3 is 10.2 Å². The van der Waals surface area contributed by atoms with E-state index in [1.165, 1.54) is 0 Å². The van der Waals surface area contributed by atoms with Crippen LogP contribution in [0.25, 0.3) is 0 Å². The van der Waals surface area contributed by atoms with Crippen LogP contribution < -0.4 is 0 Å². The first-order valence-corrected chi connectivity index (χ1v) is 6.84. The molecule has 0 aromatic heterocycles. The van der Waals surface area contributed by atoms with Gasteiger partial charge in [-0.15, -0.1) is 0 Å². The summed E-state index contributed by atoms with van der Waals surface area (Å²) < 4.78 is 0. The van der Waals surface area contributed by atoms with Crippen molar-refractivity contribution in [3.8, 4) is 0 Å². The average molecular weight is 179 g/mol. The van der Waals surface area contributed by atoms with Crippen LogP contribution in [0, 0.1) is 0 Å². The molecule has 0 atom stereocenters. The Labute approximate surface area is 70.0 Å². The van der Waals surface area contributed by atoms with Crippen LogP contribution in [0.5, 0.6) is 0 Å². The highest BCUT2D eigenvalue weighted by Crippen LogP contribution is 2.57. The van der Waals surface area contributed by atoms with Crippen LogP contribution in [0.1, 0.15) is 13.8 Å². The molecule has 0 bridgehead atoms. The molecular weight excluding hydrogens is 159 g/mol. The van der Waals surface area contributed by atoms with Crippen LogP contribution in [0.3, 0.4) is 0 Å². The Morgan fingerprint density at radius 3 is 1.45 bits per heavy atom. The van der Waals surface area contributed by atoms with Crippen molar-refractivity contribution in [3.05, 3.63) is 0 Å². The van der Waals surface area contributed by atoms with E-state index in [4.69, 9.17) is 10.2 Å². The lowest BCUT2D eigenvalue weighted by molar-refractivity contribution is 0.314. The molecule has 0 aliphatic heterocycles. The van der Waals surface area contributed by atoms with Crippen LogP contribution in [-0.2, 0) is 0 Å². The molecule has 0 unspecified atom stereocenters. The third-order valence-electron chi connectivity index (χ3n) is 2.49. The summed E-state index contributed by atoms with van der Waals surface area (Å²) in [4.78, 5) is 0. The Morgan fingerprint density at radius 2 is 1.27 bits per heavy atom. The molecule has 0 saturated carbocycles. The van der Waals surface area contributed by atoms with Gasteiger partial charge in [-0.1, -0.05) is 0 Å². The van der Waals surface area contributed by atoms with Gasteiger partial charge >= 0.3 is 0 Å². The van der Waals surface area contributed by atoms with Crippen molar-refractivity contribution in [2.24, 2.45) is 0 Å². The number of aliphatic hydroxyl groups is 2. The predicted octanol–water partition coefficient (Wildman–Crippen LogP) is 1.03. The van der Waals surface area contributed by atoms with Gasteiger partial charge in [0.1, 0.15) is 0 Å². The van der Waals surface area contributed by atoms with Crippen molar-refractivity contribution < 1.29 is 10.2 Å². The number of hydrogen-bond acceptors (Lipinski definition) is 2. The molecule has 0 rings (SSSR count). The van der Waals surface area contributed by atoms with Crippen LogP contribution in [0.4, 0.5) is 0 Å². The second-order valence-corrected chi connectivity index (χ2v) is 7.71. The Hall–Kier alpha value is 0.350. The molecule has 3 heteroatoms. The van der Waals surface area contributed by atoms with Crippen LogP contribution in [0.2, 0.25) is 0 Å². The molecule has 0 aliphatic rings. The Bertz CT molecular complexity index is 84.1. The topological polar surface area (TPSA) is 40.5 Å². The fourth-order valence-electron chi connectivity index (χ4n) is 1.39. The largest absolute Gasteiger partial charge is 0.393 e. The van der Waals surface area contributed by atoms with Gasteiger partial charge in [-0.05, 0) is 13.8 Å². The number of hydrogen-bond donors (Lipinski definition) is 2. The minimum atomic E-state index is -0.958. The number of aliphatic hydroxyl groups excluding tert-OH is 2. The Balaban J connectivity index is 3.96. The molecule has 68 valence electrons. The zero-order chi connectivity index (χ0) is 8.74. The van der Waals surface area contributed by atoms with Gasteiger partial charge in [0.2, 0.25) is 0 Å². The van der Waals surface area contributed by atoms with E-state index < -0.39 is 7.26 Å². The van der Waals surface area contributed by atoms with Crippen molar-refractivity contribution in [1.29, 1.82) is 0 Å². The number of rotatable bonds is 6. The first-order chi connectivity index (χ1) is 5.24. The van der Waals surface area contributed by atoms with E-state index in [1.807, 2.05) is 0 Å². The first kappa shape index (κ1) is 11.4. The zero-order valence-corrected chi connectivity index (χ0v) is 8.48. The minimum absolute atomic E-state index is 0.287. The van der Waals surface area contributed by atoms with Gasteiger partial charge in [-0.3, -0.25) is 0 Å². The summed E-state index contributed by atoms with van der Waals surface area (Å²) in [5, 5.41) is 17.7. The zero-order valence-electron chi connectivity index (χ0n) is 7.58. The highest BCUT2D eigenvalue weighted by molar-refractivity contribution is 7.75. The summed E-state index contributed by atoms with van der Waals surface area (Å²) in [7, 11) is -0.958. The summed E-state index contributed by atoms with van der Waals surface area (Å²) in [5.74, 6) is 0. The lowest BCUT2D eigenvalue weighted by Gasteiger charge is -2.22. The molecule has 0 radical (unpaired) electrons. The quantitative estimate of drug-likeness (QED) is 0.598. The summed E-state index contributed by atoms with van der Waals surface area (Å²) in [6.45, 7) is 4.91. The SMILES string of the molecule is CC[P+](CC)(CCO)CCO. The average Bonchev–Trinajstić information content (AvgIpc) is 2.04. The van der Waals surface area contributed by atoms with Gasteiger partial charge in [0.15, 0.2) is 0 Å². The van der Waals surface area contributed by atoms with Gasteiger partial charge in [-0.25, -0.2) is 0 Å². The van der Waals surface area contributed by atoms with Crippen LogP contribution >= 0.6 is 7.26 Å². The van der Waals surface area contributed by atoms with Crippen LogP contribution in [-0.4, -0.2) is 48.1 Å². The Morgan fingerprint density at radius 1 is 0.909 bits per heavy atom. The van der Waals surface area contributed by atoms with Crippen LogP contribution in [0.15, 0.2) is 0 Å². The van der Waals surface area contributed by atoms with Crippen molar-refractivity contribution in [1.82, 2.24) is 0 Å².